The molecule has 116 valence electrons. The summed E-state index contributed by atoms with van der Waals surface area (Å²) < 4.78 is 0. The Morgan fingerprint density at radius 3 is 2.60 bits per heavy atom. The summed E-state index contributed by atoms with van der Waals surface area (Å²) in [6, 6.07) is -0.668. The number of nitrogens with zero attached hydrogens (tertiary/aromatic N) is 1. The van der Waals surface area contributed by atoms with E-state index in [2.05, 4.69) is 18.5 Å². The minimum atomic E-state index is -0.338. The highest BCUT2D eigenvalue weighted by molar-refractivity contribution is 7.98. The van der Waals surface area contributed by atoms with Gasteiger partial charge < -0.3 is 10.2 Å². The molecule has 20 heavy (non-hydrogen) atoms. The van der Waals surface area contributed by atoms with E-state index < -0.39 is 0 Å². The number of amides is 2. The third kappa shape index (κ3) is 4.40. The van der Waals surface area contributed by atoms with E-state index in [9.17, 15) is 9.59 Å². The molecule has 1 aliphatic rings. The molecule has 1 N–H and O–H groups in total. The van der Waals surface area contributed by atoms with Gasteiger partial charge in [-0.1, -0.05) is 26.7 Å². The standard InChI is InChI=1S/C15H28N2O2S/c1-5-11(2)13-15(19)17(12(3)14(18)16-13)9-7-6-8-10-20-4/h11-13H,5-10H2,1-4H3,(H,16,18). The largest absolute Gasteiger partial charge is 0.342 e. The summed E-state index contributed by atoms with van der Waals surface area (Å²) in [5.74, 6) is 1.44. The second-order valence-electron chi connectivity index (χ2n) is 5.63. The van der Waals surface area contributed by atoms with Crippen molar-refractivity contribution in [3.63, 3.8) is 0 Å². The van der Waals surface area contributed by atoms with Gasteiger partial charge in [-0.05, 0) is 37.7 Å². The summed E-state index contributed by atoms with van der Waals surface area (Å²) in [5, 5.41) is 2.87. The normalized spacial score (nSPS) is 24.7. The van der Waals surface area contributed by atoms with Crippen molar-refractivity contribution in [3.8, 4) is 0 Å². The lowest BCUT2D eigenvalue weighted by Gasteiger charge is -2.39. The predicted molar refractivity (Wildman–Crippen MR) is 84.8 cm³/mol. The lowest BCUT2D eigenvalue weighted by atomic mass is 9.94. The number of rotatable bonds is 8. The maximum Gasteiger partial charge on any atom is 0.246 e. The highest BCUT2D eigenvalue weighted by Crippen LogP contribution is 2.18. The van der Waals surface area contributed by atoms with Crippen LogP contribution in [0.3, 0.4) is 0 Å². The fraction of sp³-hybridized carbons (Fsp3) is 0.867. The number of nitrogens with one attached hydrogen (secondary N) is 1. The molecule has 3 atom stereocenters. The average molecular weight is 300 g/mol. The molecule has 0 spiro atoms. The van der Waals surface area contributed by atoms with Crippen LogP contribution in [0.4, 0.5) is 0 Å². The minimum absolute atomic E-state index is 0.0148. The maximum atomic E-state index is 12.5. The van der Waals surface area contributed by atoms with E-state index in [1.165, 1.54) is 12.2 Å². The van der Waals surface area contributed by atoms with Gasteiger partial charge in [0, 0.05) is 6.54 Å². The van der Waals surface area contributed by atoms with Crippen molar-refractivity contribution in [2.24, 2.45) is 5.92 Å². The van der Waals surface area contributed by atoms with Crippen LogP contribution in [0.1, 0.15) is 46.5 Å². The molecule has 0 saturated carbocycles. The van der Waals surface area contributed by atoms with Crippen LogP contribution < -0.4 is 5.32 Å². The van der Waals surface area contributed by atoms with E-state index in [1.54, 1.807) is 4.90 Å². The fourth-order valence-electron chi connectivity index (χ4n) is 2.48. The van der Waals surface area contributed by atoms with E-state index in [4.69, 9.17) is 0 Å². The Bertz CT molecular complexity index is 336. The summed E-state index contributed by atoms with van der Waals surface area (Å²) in [6.45, 7) is 6.60. The van der Waals surface area contributed by atoms with E-state index in [0.29, 0.717) is 6.54 Å². The lowest BCUT2D eigenvalue weighted by Crippen LogP contribution is -2.64. The van der Waals surface area contributed by atoms with Crippen LogP contribution in [-0.2, 0) is 9.59 Å². The van der Waals surface area contributed by atoms with Crippen molar-refractivity contribution < 1.29 is 9.59 Å². The van der Waals surface area contributed by atoms with Crippen LogP contribution >= 0.6 is 11.8 Å². The Morgan fingerprint density at radius 2 is 2.00 bits per heavy atom. The van der Waals surface area contributed by atoms with Gasteiger partial charge in [0.25, 0.3) is 0 Å². The van der Waals surface area contributed by atoms with Gasteiger partial charge in [-0.2, -0.15) is 11.8 Å². The fourth-order valence-corrected chi connectivity index (χ4v) is 2.97. The summed E-state index contributed by atoms with van der Waals surface area (Å²) in [4.78, 5) is 26.3. The SMILES string of the molecule is CCC(C)C1NC(=O)C(C)N(CCCCCSC)C1=O. The van der Waals surface area contributed by atoms with Crippen molar-refractivity contribution in [3.05, 3.63) is 0 Å². The highest BCUT2D eigenvalue weighted by Gasteiger charge is 2.39. The predicted octanol–water partition coefficient (Wildman–Crippen LogP) is 2.28. The second kappa shape index (κ2) is 8.55. The van der Waals surface area contributed by atoms with Crippen LogP contribution in [0.25, 0.3) is 0 Å². The maximum absolute atomic E-state index is 12.5. The zero-order chi connectivity index (χ0) is 15.1. The second-order valence-corrected chi connectivity index (χ2v) is 6.62. The Morgan fingerprint density at radius 1 is 1.30 bits per heavy atom. The Balaban J connectivity index is 2.57. The number of hydrogen-bond acceptors (Lipinski definition) is 3. The molecule has 5 heteroatoms. The number of carbonyl (C=O) groups is 2. The number of piperazine rings is 1. The van der Waals surface area contributed by atoms with Crippen LogP contribution in [-0.4, -0.2) is 47.4 Å². The van der Waals surface area contributed by atoms with Crippen LogP contribution in [0.5, 0.6) is 0 Å². The van der Waals surface area contributed by atoms with Gasteiger partial charge in [0.1, 0.15) is 12.1 Å². The Kier molecular flexibility index (Phi) is 7.41. The number of unbranched alkanes of at least 4 members (excludes halogenated alkanes) is 2. The van der Waals surface area contributed by atoms with Crippen molar-refractivity contribution in [2.45, 2.75) is 58.5 Å². The molecule has 0 aromatic carbocycles. The number of thioether (sulfide) groups is 1. The molecule has 0 bridgehead atoms. The van der Waals surface area contributed by atoms with Crippen molar-refractivity contribution in [1.82, 2.24) is 10.2 Å². The van der Waals surface area contributed by atoms with Gasteiger partial charge in [-0.3, -0.25) is 9.59 Å². The molecular weight excluding hydrogens is 272 g/mol. The van der Waals surface area contributed by atoms with E-state index >= 15 is 0 Å². The quantitative estimate of drug-likeness (QED) is 0.700. The van der Waals surface area contributed by atoms with Crippen molar-refractivity contribution in [1.29, 1.82) is 0 Å². The van der Waals surface area contributed by atoms with Crippen molar-refractivity contribution >= 4 is 23.6 Å². The molecule has 0 aromatic rings. The van der Waals surface area contributed by atoms with Gasteiger partial charge in [-0.25, -0.2) is 0 Å². The monoisotopic (exact) mass is 300 g/mol. The number of hydrogen-bond donors (Lipinski definition) is 1. The van der Waals surface area contributed by atoms with Crippen molar-refractivity contribution in [2.75, 3.05) is 18.6 Å². The average Bonchev–Trinajstić information content (AvgIpc) is 2.45. The van der Waals surface area contributed by atoms with E-state index in [-0.39, 0.29) is 29.8 Å². The smallest absolute Gasteiger partial charge is 0.246 e. The topological polar surface area (TPSA) is 49.4 Å². The summed E-state index contributed by atoms with van der Waals surface area (Å²) >= 11 is 1.85. The molecule has 0 aliphatic carbocycles. The molecule has 0 aromatic heterocycles. The Labute approximate surface area is 127 Å². The zero-order valence-corrected chi connectivity index (χ0v) is 14.0. The third-order valence-electron chi connectivity index (χ3n) is 4.15. The summed E-state index contributed by atoms with van der Waals surface area (Å²) in [6.07, 6.45) is 6.28. The van der Waals surface area contributed by atoms with Gasteiger partial charge >= 0.3 is 0 Å². The molecule has 1 saturated heterocycles. The molecule has 3 unspecified atom stereocenters. The highest BCUT2D eigenvalue weighted by atomic mass is 32.2. The van der Waals surface area contributed by atoms with Gasteiger partial charge in [0.2, 0.25) is 11.8 Å². The minimum Gasteiger partial charge on any atom is -0.342 e. The third-order valence-corrected chi connectivity index (χ3v) is 4.85. The molecule has 1 rings (SSSR count). The molecule has 1 heterocycles. The molecule has 2 amide bonds. The summed E-state index contributed by atoms with van der Waals surface area (Å²) in [7, 11) is 0. The number of carbonyl (C=O) groups excluding carboxylic acids is 2. The van der Waals surface area contributed by atoms with E-state index in [0.717, 1.165) is 19.3 Å². The molecule has 4 nitrogen and oxygen atoms in total. The Hall–Kier alpha value is -0.710. The molecule has 0 radical (unpaired) electrons. The molecule has 1 fully saturated rings. The summed E-state index contributed by atoms with van der Waals surface area (Å²) in [5.41, 5.74) is 0. The van der Waals surface area contributed by atoms with Gasteiger partial charge in [0.15, 0.2) is 0 Å². The first kappa shape index (κ1) is 17.3. The van der Waals surface area contributed by atoms with Crippen LogP contribution in [0, 0.1) is 5.92 Å². The lowest BCUT2D eigenvalue weighted by molar-refractivity contribution is -0.150. The van der Waals surface area contributed by atoms with Gasteiger partial charge in [0.05, 0.1) is 0 Å². The molecule has 1 aliphatic heterocycles. The first-order chi connectivity index (χ1) is 9.52. The first-order valence-electron chi connectivity index (χ1n) is 7.62. The molecular formula is C15H28N2O2S. The zero-order valence-electron chi connectivity index (χ0n) is 13.1. The first-order valence-corrected chi connectivity index (χ1v) is 9.02. The van der Waals surface area contributed by atoms with E-state index in [1.807, 2.05) is 25.6 Å². The van der Waals surface area contributed by atoms with Gasteiger partial charge in [-0.15, -0.1) is 0 Å². The van der Waals surface area contributed by atoms with Crippen LogP contribution in [0.15, 0.2) is 0 Å². The van der Waals surface area contributed by atoms with Crippen LogP contribution in [0.2, 0.25) is 0 Å².